The summed E-state index contributed by atoms with van der Waals surface area (Å²) < 4.78 is 5.84. The Balaban J connectivity index is 2.49. The van der Waals surface area contributed by atoms with Crippen LogP contribution in [0.1, 0.15) is 32.6 Å². The lowest BCUT2D eigenvalue weighted by Crippen LogP contribution is -2.42. The van der Waals surface area contributed by atoms with Crippen molar-refractivity contribution in [3.63, 3.8) is 0 Å². The highest BCUT2D eigenvalue weighted by Gasteiger charge is 2.32. The minimum Gasteiger partial charge on any atom is -0.379 e. The van der Waals surface area contributed by atoms with Gasteiger partial charge in [0, 0.05) is 16.8 Å². The molecule has 2 unspecified atom stereocenters. The molecule has 1 radical (unpaired) electrons. The summed E-state index contributed by atoms with van der Waals surface area (Å²) in [6.07, 6.45) is 4.90. The Bertz CT molecular complexity index is 119. The van der Waals surface area contributed by atoms with Gasteiger partial charge in [-0.15, -0.1) is 0 Å². The van der Waals surface area contributed by atoms with Crippen LogP contribution in [-0.2, 0) is 4.74 Å². The molecule has 0 aromatic rings. The van der Waals surface area contributed by atoms with Crippen molar-refractivity contribution in [1.82, 2.24) is 0 Å². The Hall–Kier alpha value is 0.177. The summed E-state index contributed by atoms with van der Waals surface area (Å²) >= 11 is 0. The van der Waals surface area contributed by atoms with Crippen molar-refractivity contribution in [3.8, 4) is 0 Å². The van der Waals surface area contributed by atoms with Crippen LogP contribution in [0.4, 0.5) is 0 Å². The Morgan fingerprint density at radius 2 is 2.36 bits per heavy atom. The fourth-order valence-corrected chi connectivity index (χ4v) is 2.50. The van der Waals surface area contributed by atoms with Crippen LogP contribution in [0.2, 0.25) is 0 Å². The van der Waals surface area contributed by atoms with E-state index in [0.29, 0.717) is 5.92 Å². The standard InChI is InChI=1S/C9H19OSi/c1-3-8(2)9(11)6-4-5-7-10-9/h8H,1,3-7H2,2,11H3. The molecule has 0 saturated carbocycles. The Morgan fingerprint density at radius 1 is 1.64 bits per heavy atom. The fourth-order valence-electron chi connectivity index (χ4n) is 1.65. The van der Waals surface area contributed by atoms with Crippen molar-refractivity contribution >= 4 is 10.2 Å². The molecule has 1 rings (SSSR count). The number of hydrogen-bond donors (Lipinski definition) is 0. The lowest BCUT2D eigenvalue weighted by molar-refractivity contribution is -0.0503. The fraction of sp³-hybridized carbons (Fsp3) is 0.889. The maximum atomic E-state index is 5.84. The van der Waals surface area contributed by atoms with Gasteiger partial charge in [-0.1, -0.05) is 13.8 Å². The molecule has 11 heavy (non-hydrogen) atoms. The van der Waals surface area contributed by atoms with Crippen molar-refractivity contribution in [2.24, 2.45) is 5.92 Å². The maximum absolute atomic E-state index is 5.84. The van der Waals surface area contributed by atoms with Crippen LogP contribution in [0.15, 0.2) is 0 Å². The van der Waals surface area contributed by atoms with Crippen LogP contribution in [-0.4, -0.2) is 22.1 Å². The Morgan fingerprint density at radius 3 is 2.82 bits per heavy atom. The van der Waals surface area contributed by atoms with Gasteiger partial charge in [0.2, 0.25) is 0 Å². The molecule has 0 aromatic heterocycles. The van der Waals surface area contributed by atoms with E-state index >= 15 is 0 Å². The SMILES string of the molecule is [CH2]CC(C)C1([SiH3])CCCCO1. The first kappa shape index (κ1) is 9.27. The van der Waals surface area contributed by atoms with Gasteiger partial charge in [0.15, 0.2) is 0 Å². The van der Waals surface area contributed by atoms with E-state index in [9.17, 15) is 0 Å². The molecule has 1 aliphatic heterocycles. The molecular formula is C9H19OSi. The van der Waals surface area contributed by atoms with Crippen LogP contribution in [0.3, 0.4) is 0 Å². The first-order valence-electron chi connectivity index (χ1n) is 4.62. The van der Waals surface area contributed by atoms with Gasteiger partial charge in [-0.25, -0.2) is 0 Å². The largest absolute Gasteiger partial charge is 0.379 e. The molecule has 0 aliphatic carbocycles. The quantitative estimate of drug-likeness (QED) is 0.566. The average molecular weight is 171 g/mol. The number of hydrogen-bond acceptors (Lipinski definition) is 1. The van der Waals surface area contributed by atoms with E-state index in [4.69, 9.17) is 4.74 Å². The molecule has 0 aromatic carbocycles. The third-order valence-electron chi connectivity index (χ3n) is 2.97. The smallest absolute Gasteiger partial charge is 0.0510 e. The minimum atomic E-state index is 0.264. The molecule has 0 N–H and O–H groups in total. The van der Waals surface area contributed by atoms with Crippen LogP contribution in [0.5, 0.6) is 0 Å². The molecule has 0 bridgehead atoms. The van der Waals surface area contributed by atoms with Gasteiger partial charge in [0.05, 0.1) is 5.22 Å². The highest BCUT2D eigenvalue weighted by molar-refractivity contribution is 6.14. The maximum Gasteiger partial charge on any atom is 0.0510 e. The third-order valence-corrected chi connectivity index (χ3v) is 4.75. The summed E-state index contributed by atoms with van der Waals surface area (Å²) in [5, 5.41) is 0.264. The molecule has 0 amide bonds. The summed E-state index contributed by atoms with van der Waals surface area (Å²) in [5.74, 6) is 0.662. The Labute approximate surface area is 72.9 Å². The first-order chi connectivity index (χ1) is 5.19. The van der Waals surface area contributed by atoms with Crippen molar-refractivity contribution < 1.29 is 4.74 Å². The molecule has 0 spiro atoms. The topological polar surface area (TPSA) is 9.23 Å². The van der Waals surface area contributed by atoms with Crippen molar-refractivity contribution in [1.29, 1.82) is 0 Å². The highest BCUT2D eigenvalue weighted by atomic mass is 28.1. The summed E-state index contributed by atoms with van der Waals surface area (Å²) in [6, 6.07) is 0. The minimum absolute atomic E-state index is 0.264. The summed E-state index contributed by atoms with van der Waals surface area (Å²) in [6.45, 7) is 7.20. The van der Waals surface area contributed by atoms with E-state index < -0.39 is 0 Å². The van der Waals surface area contributed by atoms with E-state index in [1.165, 1.54) is 19.3 Å². The molecule has 1 fully saturated rings. The zero-order valence-electron chi connectivity index (χ0n) is 7.73. The second-order valence-corrected chi connectivity index (χ2v) is 5.50. The lowest BCUT2D eigenvalue weighted by atomic mass is 9.94. The predicted molar refractivity (Wildman–Crippen MR) is 51.6 cm³/mol. The normalized spacial score (nSPS) is 35.5. The van der Waals surface area contributed by atoms with Gasteiger partial charge in [0.25, 0.3) is 0 Å². The zero-order chi connectivity index (χ0) is 8.32. The van der Waals surface area contributed by atoms with E-state index in [1.807, 2.05) is 0 Å². The molecule has 1 saturated heterocycles. The molecular weight excluding hydrogens is 152 g/mol. The van der Waals surface area contributed by atoms with E-state index in [1.54, 1.807) is 0 Å². The van der Waals surface area contributed by atoms with Crippen LogP contribution in [0.25, 0.3) is 0 Å². The molecule has 1 heterocycles. The highest BCUT2D eigenvalue weighted by Crippen LogP contribution is 2.30. The van der Waals surface area contributed by atoms with Gasteiger partial charge in [-0.3, -0.25) is 0 Å². The van der Waals surface area contributed by atoms with Crippen molar-refractivity contribution in [2.45, 2.75) is 37.8 Å². The Kier molecular flexibility index (Phi) is 3.13. The summed E-state index contributed by atoms with van der Waals surface area (Å²) in [7, 11) is 1.16. The van der Waals surface area contributed by atoms with E-state index in [-0.39, 0.29) is 5.22 Å². The van der Waals surface area contributed by atoms with E-state index in [2.05, 4.69) is 13.8 Å². The average Bonchev–Trinajstić information content (AvgIpc) is 2.04. The van der Waals surface area contributed by atoms with Crippen molar-refractivity contribution in [3.05, 3.63) is 6.92 Å². The molecule has 65 valence electrons. The van der Waals surface area contributed by atoms with Crippen LogP contribution in [0, 0.1) is 12.8 Å². The molecule has 1 nitrogen and oxygen atoms in total. The monoisotopic (exact) mass is 171 g/mol. The van der Waals surface area contributed by atoms with Gasteiger partial charge in [-0.05, 0) is 31.6 Å². The van der Waals surface area contributed by atoms with Crippen molar-refractivity contribution in [2.75, 3.05) is 6.61 Å². The molecule has 2 heteroatoms. The van der Waals surface area contributed by atoms with Gasteiger partial charge in [-0.2, -0.15) is 0 Å². The molecule has 1 aliphatic rings. The van der Waals surface area contributed by atoms with Gasteiger partial charge < -0.3 is 4.74 Å². The number of ether oxygens (including phenoxy) is 1. The zero-order valence-corrected chi connectivity index (χ0v) is 9.73. The van der Waals surface area contributed by atoms with E-state index in [0.717, 1.165) is 23.3 Å². The first-order valence-corrected chi connectivity index (χ1v) is 5.62. The molecule has 2 atom stereocenters. The number of rotatable bonds is 2. The third kappa shape index (κ3) is 2.06. The second kappa shape index (κ2) is 3.72. The summed E-state index contributed by atoms with van der Waals surface area (Å²) in [4.78, 5) is 0. The van der Waals surface area contributed by atoms with Gasteiger partial charge in [0.1, 0.15) is 0 Å². The van der Waals surface area contributed by atoms with Gasteiger partial charge >= 0.3 is 0 Å². The van der Waals surface area contributed by atoms with Crippen LogP contribution < -0.4 is 0 Å². The van der Waals surface area contributed by atoms with Crippen LogP contribution >= 0.6 is 0 Å². The predicted octanol–water partition coefficient (Wildman–Crippen LogP) is 1.11. The lowest BCUT2D eigenvalue weighted by Gasteiger charge is -2.38. The summed E-state index contributed by atoms with van der Waals surface area (Å²) in [5.41, 5.74) is 0. The second-order valence-electron chi connectivity index (χ2n) is 3.81.